The molecule has 0 rings (SSSR count). The van der Waals surface area contributed by atoms with E-state index >= 15 is 0 Å². The van der Waals surface area contributed by atoms with Crippen LogP contribution in [0.1, 0.15) is 0 Å². The highest BCUT2D eigenvalue weighted by atomic mass is 16.3. The first-order valence-corrected chi connectivity index (χ1v) is 3.51. The summed E-state index contributed by atoms with van der Waals surface area (Å²) in [7, 11) is 0. The van der Waals surface area contributed by atoms with Gasteiger partial charge in [0, 0.05) is 0 Å². The summed E-state index contributed by atoms with van der Waals surface area (Å²) in [6.07, 6.45) is 3.50. The first-order chi connectivity index (χ1) is 5.72. The molecule has 4 heteroatoms. The molecule has 0 aromatic heterocycles. The fraction of sp³-hybridized carbons (Fsp3) is 0.500. The molecule has 4 N–H and O–H groups in total. The van der Waals surface area contributed by atoms with Crippen LogP contribution in [0.15, 0.2) is 24.8 Å². The molecule has 0 fully saturated rings. The van der Waals surface area contributed by atoms with E-state index < -0.39 is 6.10 Å². The lowest BCUT2D eigenvalue weighted by Crippen LogP contribution is -2.05. The van der Waals surface area contributed by atoms with Crippen molar-refractivity contribution in [3.05, 3.63) is 24.8 Å². The van der Waals surface area contributed by atoms with Crippen LogP contribution < -0.4 is 0 Å². The van der Waals surface area contributed by atoms with Crippen molar-refractivity contribution < 1.29 is 20.4 Å². The van der Waals surface area contributed by atoms with E-state index in [0.29, 0.717) is 0 Å². The van der Waals surface area contributed by atoms with Crippen LogP contribution in [0, 0.1) is 0 Å². The third-order valence-electron chi connectivity index (χ3n) is 0.837. The number of aliphatic hydroxyl groups is 4. The molecule has 0 heterocycles. The molecule has 12 heavy (non-hydrogen) atoms. The van der Waals surface area contributed by atoms with E-state index in [4.69, 9.17) is 20.4 Å². The van der Waals surface area contributed by atoms with Gasteiger partial charge in [-0.1, -0.05) is 18.2 Å². The average Bonchev–Trinajstić information content (AvgIpc) is 2.14. The van der Waals surface area contributed by atoms with Crippen molar-refractivity contribution >= 4 is 0 Å². The zero-order chi connectivity index (χ0) is 9.82. The van der Waals surface area contributed by atoms with Crippen LogP contribution >= 0.6 is 0 Å². The Kier molecular flexibility index (Phi) is 15.0. The number of rotatable bonds is 4. The smallest absolute Gasteiger partial charge is 0.0949 e. The third-order valence-corrected chi connectivity index (χ3v) is 0.837. The van der Waals surface area contributed by atoms with E-state index in [1.54, 1.807) is 0 Å². The van der Waals surface area contributed by atoms with Crippen molar-refractivity contribution in [3.63, 3.8) is 0 Å². The molecule has 0 amide bonds. The average molecular weight is 176 g/mol. The zero-order valence-electron chi connectivity index (χ0n) is 6.93. The van der Waals surface area contributed by atoms with Gasteiger partial charge in [0.1, 0.15) is 0 Å². The molecule has 0 aromatic carbocycles. The van der Waals surface area contributed by atoms with Gasteiger partial charge < -0.3 is 20.4 Å². The fourth-order valence-corrected chi connectivity index (χ4v) is 0.224. The van der Waals surface area contributed by atoms with E-state index in [1.807, 2.05) is 0 Å². The Morgan fingerprint density at radius 1 is 1.08 bits per heavy atom. The Bertz CT molecular complexity index is 106. The summed E-state index contributed by atoms with van der Waals surface area (Å²) < 4.78 is 0. The maximum absolute atomic E-state index is 8.30. The molecule has 0 aliphatic heterocycles. The molecule has 72 valence electrons. The minimum Gasteiger partial charge on any atom is -0.393 e. The second kappa shape index (κ2) is 12.9. The Morgan fingerprint density at radius 3 is 1.58 bits per heavy atom. The fourth-order valence-electron chi connectivity index (χ4n) is 0.224. The van der Waals surface area contributed by atoms with Gasteiger partial charge >= 0.3 is 0 Å². The van der Waals surface area contributed by atoms with E-state index in [1.165, 1.54) is 18.2 Å². The monoisotopic (exact) mass is 176 g/mol. The lowest BCUT2D eigenvalue weighted by atomic mass is 10.4. The molecule has 0 saturated carbocycles. The van der Waals surface area contributed by atoms with Gasteiger partial charge in [-0.05, 0) is 0 Å². The Balaban J connectivity index is 0. The molecule has 0 aromatic rings. The van der Waals surface area contributed by atoms with Gasteiger partial charge in [0.05, 0.1) is 25.9 Å². The summed E-state index contributed by atoms with van der Waals surface area (Å²) in [4.78, 5) is 0. The van der Waals surface area contributed by atoms with Crippen LogP contribution in [0.5, 0.6) is 0 Å². The first-order valence-electron chi connectivity index (χ1n) is 3.51. The second-order valence-corrected chi connectivity index (χ2v) is 1.82. The van der Waals surface area contributed by atoms with E-state index in [9.17, 15) is 0 Å². The standard InChI is InChI=1S/2C4H8O2/c1-2-4(6)3-5;5-3-1-2-4-6/h2,4-6H,1,3H2;1-2,5-6H,3-4H2/b;2-1-. The van der Waals surface area contributed by atoms with Gasteiger partial charge in [-0.15, -0.1) is 6.58 Å². The van der Waals surface area contributed by atoms with E-state index in [0.717, 1.165) is 0 Å². The highest BCUT2D eigenvalue weighted by Crippen LogP contribution is 1.75. The van der Waals surface area contributed by atoms with Gasteiger partial charge in [0.25, 0.3) is 0 Å². The van der Waals surface area contributed by atoms with Gasteiger partial charge in [-0.2, -0.15) is 0 Å². The Morgan fingerprint density at radius 2 is 1.50 bits per heavy atom. The number of hydrogen-bond acceptors (Lipinski definition) is 4. The van der Waals surface area contributed by atoms with Crippen LogP contribution in [0.3, 0.4) is 0 Å². The highest BCUT2D eigenvalue weighted by Gasteiger charge is 1.87. The van der Waals surface area contributed by atoms with Gasteiger partial charge in [0.15, 0.2) is 0 Å². The lowest BCUT2D eigenvalue weighted by Gasteiger charge is -1.93. The molecule has 0 spiro atoms. The summed E-state index contributed by atoms with van der Waals surface area (Å²) >= 11 is 0. The summed E-state index contributed by atoms with van der Waals surface area (Å²) in [5.74, 6) is 0. The van der Waals surface area contributed by atoms with Gasteiger partial charge in [-0.3, -0.25) is 0 Å². The minimum absolute atomic E-state index is 0.0144. The predicted octanol–water partition coefficient (Wildman–Crippen LogP) is -0.947. The minimum atomic E-state index is -0.745. The van der Waals surface area contributed by atoms with Crippen LogP contribution in [0.25, 0.3) is 0 Å². The molecule has 0 aliphatic rings. The Hall–Kier alpha value is -0.680. The van der Waals surface area contributed by atoms with Crippen molar-refractivity contribution in [2.24, 2.45) is 0 Å². The largest absolute Gasteiger partial charge is 0.393 e. The molecule has 0 aliphatic carbocycles. The van der Waals surface area contributed by atoms with Crippen LogP contribution in [0.4, 0.5) is 0 Å². The zero-order valence-corrected chi connectivity index (χ0v) is 6.93. The van der Waals surface area contributed by atoms with Crippen molar-refractivity contribution in [1.82, 2.24) is 0 Å². The number of hydrogen-bond donors (Lipinski definition) is 4. The van der Waals surface area contributed by atoms with Crippen LogP contribution in [-0.2, 0) is 0 Å². The normalized spacial score (nSPS) is 12.0. The molecule has 4 nitrogen and oxygen atoms in total. The molecule has 0 radical (unpaired) electrons. The molecular weight excluding hydrogens is 160 g/mol. The highest BCUT2D eigenvalue weighted by molar-refractivity contribution is 4.79. The Labute approximate surface area is 72.1 Å². The quantitative estimate of drug-likeness (QED) is 0.416. The molecule has 1 unspecified atom stereocenters. The molecular formula is C8H16O4. The van der Waals surface area contributed by atoms with Crippen LogP contribution in [-0.4, -0.2) is 46.4 Å². The number of aliphatic hydroxyl groups excluding tert-OH is 4. The lowest BCUT2D eigenvalue weighted by molar-refractivity contribution is 0.131. The molecule has 1 atom stereocenters. The SMILES string of the molecule is C=CC(O)CO.OC/C=C\CO. The van der Waals surface area contributed by atoms with Crippen LogP contribution in [0.2, 0.25) is 0 Å². The first kappa shape index (κ1) is 13.9. The maximum atomic E-state index is 8.30. The summed E-state index contributed by atoms with van der Waals surface area (Å²) in [5, 5.41) is 32.3. The third kappa shape index (κ3) is 16.2. The second-order valence-electron chi connectivity index (χ2n) is 1.82. The molecule has 0 bridgehead atoms. The van der Waals surface area contributed by atoms with Gasteiger partial charge in [0.2, 0.25) is 0 Å². The predicted molar refractivity (Wildman–Crippen MR) is 46.6 cm³/mol. The van der Waals surface area contributed by atoms with Gasteiger partial charge in [-0.25, -0.2) is 0 Å². The van der Waals surface area contributed by atoms with Crippen molar-refractivity contribution in [3.8, 4) is 0 Å². The van der Waals surface area contributed by atoms with Crippen molar-refractivity contribution in [1.29, 1.82) is 0 Å². The molecule has 0 saturated heterocycles. The topological polar surface area (TPSA) is 80.9 Å². The van der Waals surface area contributed by atoms with Crippen molar-refractivity contribution in [2.75, 3.05) is 19.8 Å². The summed E-state index contributed by atoms with van der Waals surface area (Å²) in [6.45, 7) is 3.02. The van der Waals surface area contributed by atoms with E-state index in [2.05, 4.69) is 6.58 Å². The maximum Gasteiger partial charge on any atom is 0.0949 e. The summed E-state index contributed by atoms with van der Waals surface area (Å²) in [6, 6.07) is 0. The van der Waals surface area contributed by atoms with Crippen molar-refractivity contribution in [2.45, 2.75) is 6.10 Å². The summed E-state index contributed by atoms with van der Waals surface area (Å²) in [5.41, 5.74) is 0. The van der Waals surface area contributed by atoms with E-state index in [-0.39, 0.29) is 19.8 Å².